The van der Waals surface area contributed by atoms with E-state index in [9.17, 15) is 28.9 Å². The van der Waals surface area contributed by atoms with E-state index in [0.29, 0.717) is 6.42 Å². The number of benzene rings is 1. The fourth-order valence-corrected chi connectivity index (χ4v) is 4.91. The molecule has 0 heterocycles. The summed E-state index contributed by atoms with van der Waals surface area (Å²) in [5.41, 5.74) is -1.80. The van der Waals surface area contributed by atoms with Crippen LogP contribution < -0.4 is 4.74 Å². The third-order valence-corrected chi connectivity index (χ3v) is 7.14. The van der Waals surface area contributed by atoms with Crippen molar-refractivity contribution < 1.29 is 42.9 Å². The number of thioether (sulfide) groups is 1. The van der Waals surface area contributed by atoms with Crippen molar-refractivity contribution in [2.75, 3.05) is 13.2 Å². The molecule has 36 heavy (non-hydrogen) atoms. The Bertz CT molecular complexity index is 888. The van der Waals surface area contributed by atoms with Gasteiger partial charge in [-0.15, -0.1) is 0 Å². The topological polar surface area (TPSA) is 136 Å². The number of rotatable bonds is 18. The van der Waals surface area contributed by atoms with Crippen molar-refractivity contribution in [1.29, 1.82) is 0 Å². The molecule has 0 aliphatic carbocycles. The highest BCUT2D eigenvalue weighted by atomic mass is 32.2. The summed E-state index contributed by atoms with van der Waals surface area (Å²) in [4.78, 5) is 47.5. The number of hydrogen-bond donors (Lipinski definition) is 2. The Labute approximate surface area is 217 Å². The number of unbranched alkanes of at least 4 members (excludes halogenated alkanes) is 8. The zero-order valence-electron chi connectivity index (χ0n) is 21.4. The molecule has 0 radical (unpaired) electrons. The van der Waals surface area contributed by atoms with E-state index in [2.05, 4.69) is 11.4 Å². The average Bonchev–Trinajstić information content (AvgIpc) is 2.82. The van der Waals surface area contributed by atoms with E-state index in [1.54, 1.807) is 6.92 Å². The normalized spacial score (nSPS) is 13.6. The van der Waals surface area contributed by atoms with E-state index in [1.807, 2.05) is 0 Å². The van der Waals surface area contributed by atoms with Gasteiger partial charge in [0.2, 0.25) is 0 Å². The second kappa shape index (κ2) is 17.7. The molecule has 0 saturated carbocycles. The first-order valence-corrected chi connectivity index (χ1v) is 14.9. The van der Waals surface area contributed by atoms with Gasteiger partial charge in [0.15, 0.2) is 5.12 Å². The van der Waals surface area contributed by atoms with Gasteiger partial charge in [-0.05, 0) is 32.4 Å². The lowest BCUT2D eigenvalue weighted by Crippen LogP contribution is -2.16. The first-order chi connectivity index (χ1) is 17.1. The average molecular weight is 547 g/mol. The van der Waals surface area contributed by atoms with Gasteiger partial charge in [0.05, 0.1) is 19.3 Å². The van der Waals surface area contributed by atoms with E-state index in [4.69, 9.17) is 9.47 Å². The molecular weight excluding hydrogens is 507 g/mol. The van der Waals surface area contributed by atoms with E-state index >= 15 is 0 Å². The molecule has 9 nitrogen and oxygen atoms in total. The summed E-state index contributed by atoms with van der Waals surface area (Å²) in [7, 11) is -4.89. The van der Waals surface area contributed by atoms with Gasteiger partial charge in [0.1, 0.15) is 11.3 Å². The van der Waals surface area contributed by atoms with Gasteiger partial charge < -0.3 is 19.5 Å². The third kappa shape index (κ3) is 12.5. The second-order valence-corrected chi connectivity index (χ2v) is 11.2. The van der Waals surface area contributed by atoms with Crippen LogP contribution >= 0.6 is 19.4 Å². The Hall–Kier alpha value is -1.71. The Morgan fingerprint density at radius 1 is 1.00 bits per heavy atom. The lowest BCUT2D eigenvalue weighted by Gasteiger charge is -2.15. The molecule has 0 aliphatic heterocycles. The molecule has 204 valence electrons. The zero-order valence-corrected chi connectivity index (χ0v) is 23.1. The third-order valence-electron chi connectivity index (χ3n) is 5.09. The zero-order chi connectivity index (χ0) is 27.0. The van der Waals surface area contributed by atoms with Crippen LogP contribution in [0.3, 0.4) is 0 Å². The van der Waals surface area contributed by atoms with Gasteiger partial charge in [0, 0.05) is 11.3 Å². The number of esters is 1. The SMILES string of the molecule is CCCCCCCCCCCC(=O)Sc1cccc(OC(=O)P(=O)(O)OCC(C)O)c1C(=O)OCC. The summed E-state index contributed by atoms with van der Waals surface area (Å²) in [6.07, 6.45) is 9.38. The quantitative estimate of drug-likeness (QED) is 0.0910. The Kier molecular flexibility index (Phi) is 15.9. The largest absolute Gasteiger partial charge is 0.462 e. The highest BCUT2D eigenvalue weighted by Crippen LogP contribution is 2.45. The van der Waals surface area contributed by atoms with Crippen molar-refractivity contribution in [3.63, 3.8) is 0 Å². The number of carbonyl (C=O) groups is 3. The molecule has 1 aromatic rings. The molecule has 2 unspecified atom stereocenters. The molecule has 0 aromatic heterocycles. The molecule has 11 heteroatoms. The van der Waals surface area contributed by atoms with E-state index in [-0.39, 0.29) is 27.9 Å². The number of ether oxygens (including phenoxy) is 2. The van der Waals surface area contributed by atoms with Gasteiger partial charge in [-0.3, -0.25) is 9.32 Å². The van der Waals surface area contributed by atoms with Crippen molar-refractivity contribution in [3.05, 3.63) is 23.8 Å². The Morgan fingerprint density at radius 2 is 1.61 bits per heavy atom. The van der Waals surface area contributed by atoms with Crippen LogP contribution in [0, 0.1) is 0 Å². The van der Waals surface area contributed by atoms with Crippen molar-refractivity contribution in [2.24, 2.45) is 0 Å². The van der Waals surface area contributed by atoms with E-state index in [1.165, 1.54) is 57.2 Å². The number of aliphatic hydroxyl groups excluding tert-OH is 1. The van der Waals surface area contributed by atoms with Crippen LogP contribution in [-0.4, -0.2) is 46.1 Å². The number of aliphatic hydroxyl groups is 1. The maximum atomic E-state index is 12.6. The molecule has 1 aromatic carbocycles. The smallest absolute Gasteiger partial charge is 0.436 e. The fourth-order valence-electron chi connectivity index (χ4n) is 3.25. The molecule has 1 rings (SSSR count). The van der Waals surface area contributed by atoms with Crippen LogP contribution in [0.2, 0.25) is 0 Å². The fraction of sp³-hybridized carbons (Fsp3) is 0.640. The molecule has 0 spiro atoms. The van der Waals surface area contributed by atoms with Crippen molar-refractivity contribution in [2.45, 2.75) is 96.0 Å². The standard InChI is InChI=1S/C25H39O9PS/c1-4-6-7-8-9-10-11-12-13-17-22(27)36-21-16-14-15-20(23(21)24(28)32-5-2)34-25(29)35(30,31)33-18-19(3)26/h14-16,19,26H,4-13,17-18H2,1-3H3,(H,30,31). The van der Waals surface area contributed by atoms with Gasteiger partial charge in [0.25, 0.3) is 0 Å². The van der Waals surface area contributed by atoms with Gasteiger partial charge >= 0.3 is 19.3 Å². The minimum atomic E-state index is -4.89. The van der Waals surface area contributed by atoms with Crippen LogP contribution in [0.5, 0.6) is 5.75 Å². The number of hydrogen-bond acceptors (Lipinski definition) is 9. The maximum absolute atomic E-state index is 12.6. The Morgan fingerprint density at radius 3 is 2.19 bits per heavy atom. The Balaban J connectivity index is 2.79. The van der Waals surface area contributed by atoms with Crippen LogP contribution in [0.4, 0.5) is 4.79 Å². The summed E-state index contributed by atoms with van der Waals surface area (Å²) < 4.78 is 26.8. The summed E-state index contributed by atoms with van der Waals surface area (Å²) >= 11 is 0.838. The predicted octanol–water partition coefficient (Wildman–Crippen LogP) is 6.48. The lowest BCUT2D eigenvalue weighted by atomic mass is 10.1. The first kappa shape index (κ1) is 32.3. The van der Waals surface area contributed by atoms with Crippen LogP contribution in [0.15, 0.2) is 23.1 Å². The summed E-state index contributed by atoms with van der Waals surface area (Å²) in [5, 5.41) is 9.07. The minimum absolute atomic E-state index is 0.0353. The molecule has 2 N–H and O–H groups in total. The summed E-state index contributed by atoms with van der Waals surface area (Å²) in [6, 6.07) is 4.23. The molecule has 0 aliphatic rings. The molecule has 0 fully saturated rings. The van der Waals surface area contributed by atoms with Gasteiger partial charge in [-0.25, -0.2) is 14.2 Å². The van der Waals surface area contributed by atoms with Crippen LogP contribution in [-0.2, 0) is 18.6 Å². The minimum Gasteiger partial charge on any atom is -0.462 e. The molecule has 2 atom stereocenters. The van der Waals surface area contributed by atoms with Gasteiger partial charge in [-0.2, -0.15) is 0 Å². The highest BCUT2D eigenvalue weighted by Gasteiger charge is 2.35. The van der Waals surface area contributed by atoms with Gasteiger partial charge in [-0.1, -0.05) is 76.1 Å². The van der Waals surface area contributed by atoms with E-state index < -0.39 is 32.0 Å². The van der Waals surface area contributed by atoms with Crippen LogP contribution in [0.1, 0.15) is 95.3 Å². The molecule has 0 amide bonds. The maximum Gasteiger partial charge on any atom is 0.436 e. The summed E-state index contributed by atoms with van der Waals surface area (Å²) in [5.74, 6) is -1.16. The monoisotopic (exact) mass is 546 g/mol. The molecule has 0 bridgehead atoms. The van der Waals surface area contributed by atoms with E-state index in [0.717, 1.165) is 37.4 Å². The van der Waals surface area contributed by atoms with Crippen molar-refractivity contribution >= 4 is 36.2 Å². The van der Waals surface area contributed by atoms with Crippen molar-refractivity contribution in [3.8, 4) is 5.75 Å². The second-order valence-electron chi connectivity index (χ2n) is 8.44. The van der Waals surface area contributed by atoms with Crippen molar-refractivity contribution in [1.82, 2.24) is 0 Å². The highest BCUT2D eigenvalue weighted by molar-refractivity contribution is 8.13. The lowest BCUT2D eigenvalue weighted by molar-refractivity contribution is -0.111. The molecule has 0 saturated heterocycles. The molecular formula is C25H39O9PS. The van der Waals surface area contributed by atoms with Crippen LogP contribution in [0.25, 0.3) is 0 Å². The number of carbonyl (C=O) groups excluding carboxylic acids is 3. The first-order valence-electron chi connectivity index (χ1n) is 12.5. The summed E-state index contributed by atoms with van der Waals surface area (Å²) in [6.45, 7) is 4.58. The predicted molar refractivity (Wildman–Crippen MR) is 139 cm³/mol.